The number of nitriles is 1. The van der Waals surface area contributed by atoms with Gasteiger partial charge in [-0.25, -0.2) is 4.98 Å². The molecule has 2 saturated heterocycles. The van der Waals surface area contributed by atoms with Crippen LogP contribution in [0.15, 0.2) is 12.1 Å². The molecule has 122 valence electrons. The molecule has 2 aliphatic heterocycles. The molecule has 0 spiro atoms. The Kier molecular flexibility index (Phi) is 3.99. The zero-order valence-electron chi connectivity index (χ0n) is 13.7. The number of hydrogen-bond acceptors (Lipinski definition) is 6. The van der Waals surface area contributed by atoms with Crippen LogP contribution in [-0.2, 0) is 14.3 Å². The SMILES string of the molecule is COC(=O)[C@@]12COC[C@@H]1CN(c1nc(C(C)C)ccc1C#N)C2. The average molecular weight is 315 g/mol. The van der Waals surface area contributed by atoms with Crippen molar-refractivity contribution in [2.75, 3.05) is 38.3 Å². The largest absolute Gasteiger partial charge is 0.468 e. The van der Waals surface area contributed by atoms with E-state index >= 15 is 0 Å². The second-order valence-corrected chi connectivity index (χ2v) is 6.61. The predicted molar refractivity (Wildman–Crippen MR) is 84.0 cm³/mol. The number of pyridine rings is 1. The smallest absolute Gasteiger partial charge is 0.316 e. The Balaban J connectivity index is 1.97. The first-order valence-electron chi connectivity index (χ1n) is 7.84. The van der Waals surface area contributed by atoms with Gasteiger partial charge in [-0.1, -0.05) is 13.8 Å². The number of carbonyl (C=O) groups excluding carboxylic acids is 1. The summed E-state index contributed by atoms with van der Waals surface area (Å²) in [5.41, 5.74) is 0.839. The van der Waals surface area contributed by atoms with Crippen molar-refractivity contribution in [3.8, 4) is 6.07 Å². The zero-order chi connectivity index (χ0) is 16.6. The summed E-state index contributed by atoms with van der Waals surface area (Å²) in [6.07, 6.45) is 0. The average Bonchev–Trinajstić information content (AvgIpc) is 3.11. The van der Waals surface area contributed by atoms with E-state index < -0.39 is 5.41 Å². The fourth-order valence-electron chi connectivity index (χ4n) is 3.50. The van der Waals surface area contributed by atoms with Gasteiger partial charge < -0.3 is 14.4 Å². The molecule has 2 atom stereocenters. The summed E-state index contributed by atoms with van der Waals surface area (Å²) in [7, 11) is 1.41. The van der Waals surface area contributed by atoms with Crippen molar-refractivity contribution in [2.24, 2.45) is 11.3 Å². The van der Waals surface area contributed by atoms with E-state index in [2.05, 4.69) is 24.9 Å². The fourth-order valence-corrected chi connectivity index (χ4v) is 3.50. The number of anilines is 1. The number of esters is 1. The number of methoxy groups -OCH3 is 1. The molecule has 0 radical (unpaired) electrons. The number of nitrogens with zero attached hydrogens (tertiary/aromatic N) is 3. The molecule has 0 aliphatic carbocycles. The molecule has 0 saturated carbocycles. The van der Waals surface area contributed by atoms with Gasteiger partial charge in [-0.2, -0.15) is 5.26 Å². The Labute approximate surface area is 136 Å². The van der Waals surface area contributed by atoms with E-state index in [1.165, 1.54) is 7.11 Å². The van der Waals surface area contributed by atoms with Gasteiger partial charge in [0.25, 0.3) is 0 Å². The van der Waals surface area contributed by atoms with Crippen LogP contribution in [0.2, 0.25) is 0 Å². The van der Waals surface area contributed by atoms with Crippen LogP contribution >= 0.6 is 0 Å². The molecule has 3 rings (SSSR count). The van der Waals surface area contributed by atoms with Crippen LogP contribution in [0, 0.1) is 22.7 Å². The maximum absolute atomic E-state index is 12.3. The van der Waals surface area contributed by atoms with Crippen molar-refractivity contribution < 1.29 is 14.3 Å². The number of hydrogen-bond donors (Lipinski definition) is 0. The van der Waals surface area contributed by atoms with Gasteiger partial charge in [-0.3, -0.25) is 4.79 Å². The Morgan fingerprint density at radius 2 is 2.35 bits per heavy atom. The topological polar surface area (TPSA) is 75.5 Å². The van der Waals surface area contributed by atoms with Gasteiger partial charge in [-0.15, -0.1) is 0 Å². The summed E-state index contributed by atoms with van der Waals surface area (Å²) in [6.45, 7) is 6.18. The maximum Gasteiger partial charge on any atom is 0.316 e. The van der Waals surface area contributed by atoms with Crippen LogP contribution in [-0.4, -0.2) is 44.4 Å². The minimum absolute atomic E-state index is 0.0750. The number of rotatable bonds is 3. The van der Waals surface area contributed by atoms with Gasteiger partial charge in [0.1, 0.15) is 17.3 Å². The van der Waals surface area contributed by atoms with Gasteiger partial charge in [0.05, 0.1) is 25.9 Å². The van der Waals surface area contributed by atoms with E-state index in [4.69, 9.17) is 9.47 Å². The Morgan fingerprint density at radius 3 is 3.00 bits per heavy atom. The molecule has 1 aromatic heterocycles. The summed E-state index contributed by atoms with van der Waals surface area (Å²) in [5.74, 6) is 0.782. The molecule has 0 unspecified atom stereocenters. The number of carbonyl (C=O) groups is 1. The van der Waals surface area contributed by atoms with E-state index in [0.29, 0.717) is 37.7 Å². The fraction of sp³-hybridized carbons (Fsp3) is 0.588. The summed E-state index contributed by atoms with van der Waals surface area (Å²) in [5, 5.41) is 9.40. The van der Waals surface area contributed by atoms with Gasteiger partial charge in [0, 0.05) is 24.7 Å². The van der Waals surface area contributed by atoms with E-state index in [0.717, 1.165) is 5.69 Å². The molecule has 6 nitrogen and oxygen atoms in total. The van der Waals surface area contributed by atoms with Gasteiger partial charge in [0.2, 0.25) is 0 Å². The highest BCUT2D eigenvalue weighted by Gasteiger charge is 2.57. The van der Waals surface area contributed by atoms with E-state index in [1.54, 1.807) is 0 Å². The minimum atomic E-state index is -0.642. The standard InChI is InChI=1S/C17H21N3O3/c1-11(2)14-5-4-12(6-18)15(19-14)20-7-13-8-23-10-17(13,9-20)16(21)22-3/h4-5,11,13H,7-10H2,1-3H3/t13-,17-/m0/s1. The molecule has 6 heteroatoms. The highest BCUT2D eigenvalue weighted by Crippen LogP contribution is 2.44. The first kappa shape index (κ1) is 15.8. The molecule has 2 fully saturated rings. The van der Waals surface area contributed by atoms with Crippen molar-refractivity contribution in [3.05, 3.63) is 23.4 Å². The second-order valence-electron chi connectivity index (χ2n) is 6.61. The lowest BCUT2D eigenvalue weighted by Gasteiger charge is -2.25. The predicted octanol–water partition coefficient (Wildman–Crippen LogP) is 1.70. The van der Waals surface area contributed by atoms with Gasteiger partial charge >= 0.3 is 5.97 Å². The maximum atomic E-state index is 12.3. The Morgan fingerprint density at radius 1 is 1.57 bits per heavy atom. The summed E-state index contributed by atoms with van der Waals surface area (Å²) < 4.78 is 10.5. The molecule has 3 heterocycles. The molecule has 2 aliphatic rings. The highest BCUT2D eigenvalue weighted by molar-refractivity contribution is 5.80. The second kappa shape index (κ2) is 5.82. The van der Waals surface area contributed by atoms with Crippen LogP contribution in [0.4, 0.5) is 5.82 Å². The molecule has 0 N–H and O–H groups in total. The number of ether oxygens (including phenoxy) is 2. The Hall–Kier alpha value is -2.13. The van der Waals surface area contributed by atoms with Crippen molar-refractivity contribution in [3.63, 3.8) is 0 Å². The molecule has 0 bridgehead atoms. The zero-order valence-corrected chi connectivity index (χ0v) is 13.7. The quantitative estimate of drug-likeness (QED) is 0.790. The molecule has 1 aromatic rings. The lowest BCUT2D eigenvalue weighted by Crippen LogP contribution is -2.40. The van der Waals surface area contributed by atoms with Crippen molar-refractivity contribution in [2.45, 2.75) is 19.8 Å². The van der Waals surface area contributed by atoms with Gasteiger partial charge in [0.15, 0.2) is 0 Å². The van der Waals surface area contributed by atoms with Crippen molar-refractivity contribution in [1.82, 2.24) is 4.98 Å². The van der Waals surface area contributed by atoms with Gasteiger partial charge in [-0.05, 0) is 18.1 Å². The van der Waals surface area contributed by atoms with E-state index in [9.17, 15) is 10.1 Å². The monoisotopic (exact) mass is 315 g/mol. The third-order valence-corrected chi connectivity index (χ3v) is 4.87. The van der Waals surface area contributed by atoms with E-state index in [1.807, 2.05) is 17.0 Å². The number of fused-ring (bicyclic) bond motifs is 1. The van der Waals surface area contributed by atoms with Crippen LogP contribution in [0.1, 0.15) is 31.0 Å². The van der Waals surface area contributed by atoms with Crippen molar-refractivity contribution >= 4 is 11.8 Å². The Bertz CT molecular complexity index is 668. The third-order valence-electron chi connectivity index (χ3n) is 4.87. The molecule has 0 amide bonds. The van der Waals surface area contributed by atoms with Crippen LogP contribution in [0.3, 0.4) is 0 Å². The molecular formula is C17H21N3O3. The molecule has 0 aromatic carbocycles. The summed E-state index contributed by atoms with van der Waals surface area (Å²) in [4.78, 5) is 19.0. The minimum Gasteiger partial charge on any atom is -0.468 e. The van der Waals surface area contributed by atoms with Crippen LogP contribution in [0.5, 0.6) is 0 Å². The van der Waals surface area contributed by atoms with Crippen molar-refractivity contribution in [1.29, 1.82) is 5.26 Å². The summed E-state index contributed by atoms with van der Waals surface area (Å²) >= 11 is 0. The normalized spacial score (nSPS) is 26.2. The first-order chi connectivity index (χ1) is 11.0. The summed E-state index contributed by atoms with van der Waals surface area (Å²) in [6, 6.07) is 5.91. The van der Waals surface area contributed by atoms with Crippen LogP contribution < -0.4 is 4.90 Å². The first-order valence-corrected chi connectivity index (χ1v) is 7.84. The third kappa shape index (κ3) is 2.45. The molecular weight excluding hydrogens is 294 g/mol. The lowest BCUT2D eigenvalue weighted by atomic mass is 9.81. The lowest BCUT2D eigenvalue weighted by molar-refractivity contribution is -0.152. The highest BCUT2D eigenvalue weighted by atomic mass is 16.5. The van der Waals surface area contributed by atoms with Crippen LogP contribution in [0.25, 0.3) is 0 Å². The molecule has 23 heavy (non-hydrogen) atoms. The van der Waals surface area contributed by atoms with E-state index in [-0.39, 0.29) is 17.8 Å². The number of aromatic nitrogens is 1.